The number of aromatic nitrogens is 2. The maximum absolute atomic E-state index is 13.3. The second-order valence-electron chi connectivity index (χ2n) is 9.45. The topological polar surface area (TPSA) is 135 Å². The normalized spacial score (nSPS) is 17.1. The summed E-state index contributed by atoms with van der Waals surface area (Å²) in [6.07, 6.45) is -1.66. The van der Waals surface area contributed by atoms with Gasteiger partial charge in [-0.05, 0) is 35.7 Å². The number of benzene rings is 1. The van der Waals surface area contributed by atoms with Gasteiger partial charge in [0.1, 0.15) is 5.69 Å². The van der Waals surface area contributed by atoms with Crippen molar-refractivity contribution < 1.29 is 32.3 Å². The van der Waals surface area contributed by atoms with Crippen LogP contribution in [-0.4, -0.2) is 59.2 Å². The Hall–Kier alpha value is -4.43. The minimum absolute atomic E-state index is 0.0414. The molecule has 5 rings (SSSR count). The van der Waals surface area contributed by atoms with Crippen LogP contribution in [0.5, 0.6) is 0 Å². The Morgan fingerprint density at radius 2 is 1.93 bits per heavy atom. The van der Waals surface area contributed by atoms with Crippen LogP contribution < -0.4 is 21.4 Å². The van der Waals surface area contributed by atoms with Crippen LogP contribution in [0.1, 0.15) is 40.1 Å². The Morgan fingerprint density at radius 1 is 1.20 bits per heavy atom. The molecule has 3 aromatic rings. The van der Waals surface area contributed by atoms with Crippen LogP contribution in [0.4, 0.5) is 36.1 Å². The van der Waals surface area contributed by atoms with Gasteiger partial charge in [-0.15, -0.1) is 0 Å². The lowest BCUT2D eigenvalue weighted by molar-refractivity contribution is -0.201. The third-order valence-corrected chi connectivity index (χ3v) is 6.87. The number of nitrogens with one attached hydrogen (secondary N) is 2. The van der Waals surface area contributed by atoms with Crippen LogP contribution in [0.3, 0.4) is 0 Å². The van der Waals surface area contributed by atoms with E-state index in [0.717, 1.165) is 29.3 Å². The molecule has 4 N–H and O–H groups in total. The van der Waals surface area contributed by atoms with E-state index in [2.05, 4.69) is 25.5 Å². The Bertz CT molecular complexity index is 1430. The van der Waals surface area contributed by atoms with E-state index in [1.807, 2.05) is 19.1 Å². The lowest BCUT2D eigenvalue weighted by Crippen LogP contribution is -2.37. The number of ether oxygens (including phenoxy) is 1. The lowest BCUT2D eigenvalue weighted by atomic mass is 10.0. The summed E-state index contributed by atoms with van der Waals surface area (Å²) in [5.74, 6) is -3.24. The number of hydrogen-bond donors (Lipinski definition) is 3. The molecule has 0 bridgehead atoms. The lowest BCUT2D eigenvalue weighted by Gasteiger charge is -2.28. The van der Waals surface area contributed by atoms with Crippen molar-refractivity contribution in [3.8, 4) is 0 Å². The van der Waals surface area contributed by atoms with Crippen molar-refractivity contribution in [2.75, 3.05) is 42.0 Å². The Labute approximate surface area is 233 Å². The van der Waals surface area contributed by atoms with E-state index >= 15 is 0 Å². The molecule has 1 atom stereocenters. The van der Waals surface area contributed by atoms with E-state index in [0.29, 0.717) is 37.4 Å². The van der Waals surface area contributed by atoms with E-state index in [-0.39, 0.29) is 22.8 Å². The quantitative estimate of drug-likeness (QED) is 0.368. The number of halogens is 3. The monoisotopic (exact) mass is 571 g/mol. The molecule has 216 valence electrons. The molecule has 1 unspecified atom stereocenters. The largest absolute Gasteiger partial charge is 0.493 e. The van der Waals surface area contributed by atoms with Crippen molar-refractivity contribution in [3.05, 3.63) is 71.2 Å². The molecule has 0 saturated carbocycles. The van der Waals surface area contributed by atoms with Gasteiger partial charge in [0.25, 0.3) is 5.91 Å². The summed E-state index contributed by atoms with van der Waals surface area (Å²) < 4.78 is 45.5. The average molecular weight is 572 g/mol. The maximum Gasteiger partial charge on any atom is 0.493 e. The van der Waals surface area contributed by atoms with Gasteiger partial charge in [-0.2, -0.15) is 18.2 Å². The third-order valence-electron chi connectivity index (χ3n) is 6.87. The van der Waals surface area contributed by atoms with Gasteiger partial charge in [-0.3, -0.25) is 14.7 Å². The number of carbonyl (C=O) groups is 2. The number of anilines is 4. The standard InChI is InChI=1S/C27H28F3N7O4/c1-2-18-17(15-36-10-12-40-13-11-36)4-3-5-20(18)34-21-19(23(31)38)14-33-24-22(21)37(41-26(39)27(28,29)30)25(35-24)16-6-8-32-9-7-16/h3-9,14,25H,2,10-13,15H2,1H3,(H2,31,38)(H2,33,34,35). The van der Waals surface area contributed by atoms with Crippen LogP contribution in [0, 0.1) is 0 Å². The van der Waals surface area contributed by atoms with Gasteiger partial charge in [-0.1, -0.05) is 19.1 Å². The minimum Gasteiger partial charge on any atom is -0.379 e. The Balaban J connectivity index is 1.59. The number of nitrogens with two attached hydrogens (primary N) is 1. The first kappa shape index (κ1) is 28.1. The van der Waals surface area contributed by atoms with Crippen molar-refractivity contribution >= 4 is 34.8 Å². The van der Waals surface area contributed by atoms with Crippen molar-refractivity contribution in [3.63, 3.8) is 0 Å². The van der Waals surface area contributed by atoms with Crippen LogP contribution in [0.2, 0.25) is 0 Å². The van der Waals surface area contributed by atoms with Gasteiger partial charge in [-0.25, -0.2) is 9.78 Å². The summed E-state index contributed by atoms with van der Waals surface area (Å²) in [7, 11) is 0. The fourth-order valence-corrected chi connectivity index (χ4v) is 4.91. The maximum atomic E-state index is 13.3. The molecule has 1 saturated heterocycles. The second kappa shape index (κ2) is 11.6. The number of rotatable bonds is 8. The molecular formula is C27H28F3N7O4. The number of nitrogens with zero attached hydrogens (tertiary/aromatic N) is 4. The zero-order valence-corrected chi connectivity index (χ0v) is 22.1. The summed E-state index contributed by atoms with van der Waals surface area (Å²) in [5, 5.41) is 6.95. The first-order chi connectivity index (χ1) is 19.7. The number of pyridine rings is 2. The van der Waals surface area contributed by atoms with Gasteiger partial charge >= 0.3 is 12.1 Å². The van der Waals surface area contributed by atoms with Crippen molar-refractivity contribution in [2.24, 2.45) is 5.73 Å². The van der Waals surface area contributed by atoms with Gasteiger partial charge in [0.2, 0.25) is 0 Å². The second-order valence-corrected chi connectivity index (χ2v) is 9.45. The average Bonchev–Trinajstić information content (AvgIpc) is 3.32. The third kappa shape index (κ3) is 5.88. The summed E-state index contributed by atoms with van der Waals surface area (Å²) in [6.45, 7) is 5.50. The van der Waals surface area contributed by atoms with Crippen molar-refractivity contribution in [1.82, 2.24) is 14.9 Å². The number of carbonyl (C=O) groups excluding carboxylic acids is 2. The highest BCUT2D eigenvalue weighted by Crippen LogP contribution is 2.47. The first-order valence-corrected chi connectivity index (χ1v) is 12.9. The zero-order valence-electron chi connectivity index (χ0n) is 22.1. The SMILES string of the molecule is CCc1c(CN2CCOCC2)cccc1Nc1c(C(N)=O)cnc2c1N(OC(=O)C(F)(F)F)C(c1ccncc1)N2. The van der Waals surface area contributed by atoms with Crippen LogP contribution in [0.25, 0.3) is 0 Å². The van der Waals surface area contributed by atoms with Crippen LogP contribution >= 0.6 is 0 Å². The van der Waals surface area contributed by atoms with Crippen molar-refractivity contribution in [2.45, 2.75) is 32.2 Å². The van der Waals surface area contributed by atoms with E-state index in [4.69, 9.17) is 15.3 Å². The molecule has 1 aromatic carbocycles. The summed E-state index contributed by atoms with van der Waals surface area (Å²) in [6, 6.07) is 8.74. The predicted octanol–water partition coefficient (Wildman–Crippen LogP) is 3.66. The molecule has 4 heterocycles. The number of alkyl halides is 3. The summed E-state index contributed by atoms with van der Waals surface area (Å²) >= 11 is 0. The first-order valence-electron chi connectivity index (χ1n) is 12.9. The summed E-state index contributed by atoms with van der Waals surface area (Å²) in [5.41, 5.74) is 8.56. The number of hydroxylamine groups is 1. The highest BCUT2D eigenvalue weighted by molar-refractivity contribution is 6.05. The molecule has 11 nitrogen and oxygen atoms in total. The molecule has 0 spiro atoms. The highest BCUT2D eigenvalue weighted by Gasteiger charge is 2.46. The molecular weight excluding hydrogens is 543 g/mol. The highest BCUT2D eigenvalue weighted by atomic mass is 19.4. The van der Waals surface area contributed by atoms with E-state index in [1.165, 1.54) is 18.6 Å². The number of fused-ring (bicyclic) bond motifs is 1. The number of primary amides is 1. The Morgan fingerprint density at radius 3 is 2.59 bits per heavy atom. The number of hydrogen-bond acceptors (Lipinski definition) is 10. The molecule has 2 aromatic heterocycles. The van der Waals surface area contributed by atoms with Gasteiger partial charge in [0.05, 0.1) is 24.5 Å². The molecule has 2 aliphatic rings. The van der Waals surface area contributed by atoms with Gasteiger partial charge in [0, 0.05) is 49.5 Å². The molecule has 0 radical (unpaired) electrons. The van der Waals surface area contributed by atoms with Crippen molar-refractivity contribution in [1.29, 1.82) is 0 Å². The van der Waals surface area contributed by atoms with Crippen LogP contribution in [0.15, 0.2) is 48.9 Å². The summed E-state index contributed by atoms with van der Waals surface area (Å²) in [4.78, 5) is 39.9. The molecule has 1 fully saturated rings. The van der Waals surface area contributed by atoms with E-state index < -0.39 is 24.2 Å². The van der Waals surface area contributed by atoms with Gasteiger partial charge in [0.15, 0.2) is 12.0 Å². The molecule has 41 heavy (non-hydrogen) atoms. The number of morpholine rings is 1. The fraction of sp³-hybridized carbons (Fsp3) is 0.333. The van der Waals surface area contributed by atoms with E-state index in [1.54, 1.807) is 18.2 Å². The van der Waals surface area contributed by atoms with Gasteiger partial charge < -0.3 is 25.9 Å². The molecule has 1 amide bonds. The molecule has 0 aliphatic carbocycles. The molecule has 2 aliphatic heterocycles. The Kier molecular flexibility index (Phi) is 7.94. The van der Waals surface area contributed by atoms with Crippen LogP contribution in [-0.2, 0) is 27.3 Å². The fourth-order valence-electron chi connectivity index (χ4n) is 4.91. The molecule has 14 heteroatoms. The van der Waals surface area contributed by atoms with E-state index in [9.17, 15) is 22.8 Å². The number of amides is 1. The predicted molar refractivity (Wildman–Crippen MR) is 143 cm³/mol. The minimum atomic E-state index is -5.28. The zero-order chi connectivity index (χ0) is 29.1. The smallest absolute Gasteiger partial charge is 0.379 e.